The zero-order valence-corrected chi connectivity index (χ0v) is 13.7. The predicted octanol–water partition coefficient (Wildman–Crippen LogP) is 2.42. The van der Waals surface area contributed by atoms with E-state index in [1.54, 1.807) is 6.07 Å². The minimum Gasteiger partial charge on any atom is -0.451 e. The molecule has 0 radical (unpaired) electrons. The Bertz CT molecular complexity index is 608. The molecule has 0 saturated carbocycles. The lowest BCUT2D eigenvalue weighted by atomic mass is 9.94. The van der Waals surface area contributed by atoms with Crippen LogP contribution in [-0.4, -0.2) is 29.8 Å². The van der Waals surface area contributed by atoms with Crippen LogP contribution in [0.4, 0.5) is 0 Å². The van der Waals surface area contributed by atoms with E-state index < -0.39 is 24.0 Å². The molecular weight excluding hydrogens is 302 g/mol. The van der Waals surface area contributed by atoms with Crippen LogP contribution in [0.15, 0.2) is 12.1 Å². The fourth-order valence-electron chi connectivity index (χ4n) is 1.81. The molecule has 0 bridgehead atoms. The summed E-state index contributed by atoms with van der Waals surface area (Å²) >= 11 is 1.04. The van der Waals surface area contributed by atoms with Gasteiger partial charge in [0.25, 0.3) is 5.91 Å². The number of carbonyl (C=O) groups is 3. The number of thiophene rings is 1. The number of terminal acetylenes is 1. The molecule has 0 saturated heterocycles. The van der Waals surface area contributed by atoms with Gasteiger partial charge in [0.2, 0.25) is 0 Å². The minimum atomic E-state index is -0.714. The van der Waals surface area contributed by atoms with Crippen molar-refractivity contribution in [3.63, 3.8) is 0 Å². The molecule has 0 aliphatic carbocycles. The molecule has 1 N–H and O–H groups in total. The molecule has 0 aliphatic heterocycles. The molecule has 1 heterocycles. The quantitative estimate of drug-likeness (QED) is 0.475. The molecule has 6 heteroatoms. The van der Waals surface area contributed by atoms with Crippen molar-refractivity contribution >= 4 is 29.0 Å². The highest BCUT2D eigenvalue weighted by Gasteiger charge is 2.25. The number of carbonyl (C=O) groups excluding carboxylic acids is 3. The number of Topliss-reactive ketones (excluding diaryl/α,β-unsaturated/α-hetero) is 1. The van der Waals surface area contributed by atoms with Crippen LogP contribution in [0.2, 0.25) is 0 Å². The Balaban J connectivity index is 2.58. The largest absolute Gasteiger partial charge is 0.451 e. The van der Waals surface area contributed by atoms with Crippen LogP contribution < -0.4 is 5.32 Å². The van der Waals surface area contributed by atoms with Crippen molar-refractivity contribution in [3.8, 4) is 12.3 Å². The van der Waals surface area contributed by atoms with Gasteiger partial charge in [0.05, 0.1) is 4.88 Å². The predicted molar refractivity (Wildman–Crippen MR) is 84.9 cm³/mol. The van der Waals surface area contributed by atoms with Gasteiger partial charge in [-0.25, -0.2) is 4.79 Å². The number of rotatable bonds is 7. The Morgan fingerprint density at radius 1 is 1.27 bits per heavy atom. The first-order valence-electron chi connectivity index (χ1n) is 6.94. The number of amides is 1. The molecule has 118 valence electrons. The first kappa shape index (κ1) is 17.9. The number of ketones is 1. The lowest BCUT2D eigenvalue weighted by Crippen LogP contribution is -2.48. The first-order valence-corrected chi connectivity index (χ1v) is 7.75. The number of hydrogen-bond donors (Lipinski definition) is 1. The molecule has 0 fully saturated rings. The van der Waals surface area contributed by atoms with Gasteiger partial charge in [-0.1, -0.05) is 19.8 Å². The van der Waals surface area contributed by atoms with Gasteiger partial charge in [0, 0.05) is 0 Å². The van der Waals surface area contributed by atoms with E-state index >= 15 is 0 Å². The number of hydrogen-bond acceptors (Lipinski definition) is 5. The van der Waals surface area contributed by atoms with E-state index in [2.05, 4.69) is 11.2 Å². The number of esters is 1. The van der Waals surface area contributed by atoms with E-state index in [-0.39, 0.29) is 10.7 Å². The molecule has 1 rings (SSSR count). The highest BCUT2D eigenvalue weighted by molar-refractivity contribution is 7.15. The van der Waals surface area contributed by atoms with Crippen molar-refractivity contribution < 1.29 is 19.1 Å². The summed E-state index contributed by atoms with van der Waals surface area (Å²) in [6.45, 7) is 4.77. The molecule has 5 nitrogen and oxygen atoms in total. The minimum absolute atomic E-state index is 0.119. The van der Waals surface area contributed by atoms with Crippen LogP contribution >= 0.6 is 11.3 Å². The summed E-state index contributed by atoms with van der Waals surface area (Å²) in [7, 11) is 0. The van der Waals surface area contributed by atoms with E-state index in [4.69, 9.17) is 11.2 Å². The van der Waals surface area contributed by atoms with Gasteiger partial charge >= 0.3 is 5.97 Å². The molecule has 0 spiro atoms. The van der Waals surface area contributed by atoms with Crippen molar-refractivity contribution in [1.29, 1.82) is 0 Å². The third kappa shape index (κ3) is 4.43. The summed E-state index contributed by atoms with van der Waals surface area (Å²) in [5, 5.41) is 2.71. The van der Waals surface area contributed by atoms with Crippen LogP contribution in [0.1, 0.15) is 53.0 Å². The van der Waals surface area contributed by atoms with Crippen LogP contribution in [0, 0.1) is 12.3 Å². The van der Waals surface area contributed by atoms with Gasteiger partial charge in [0.1, 0.15) is 10.4 Å². The van der Waals surface area contributed by atoms with Crippen molar-refractivity contribution in [3.05, 3.63) is 21.9 Å². The van der Waals surface area contributed by atoms with Crippen LogP contribution in [0.5, 0.6) is 0 Å². The molecule has 0 aromatic carbocycles. The zero-order valence-electron chi connectivity index (χ0n) is 12.9. The van der Waals surface area contributed by atoms with Crippen molar-refractivity contribution in [2.24, 2.45) is 0 Å². The van der Waals surface area contributed by atoms with Crippen molar-refractivity contribution in [2.45, 2.75) is 39.2 Å². The second kappa shape index (κ2) is 7.76. The standard InChI is InChI=1S/C16H19NO4S/c1-5-16(6-2,7-3)17-14(19)10-21-15(20)13-9-8-12(22-13)11(4)18/h1,8-9H,6-7,10H2,2-4H3,(H,17,19). The van der Waals surface area contributed by atoms with Gasteiger partial charge in [-0.2, -0.15) is 0 Å². The summed E-state index contributed by atoms with van der Waals surface area (Å²) in [5.41, 5.74) is -0.714. The van der Waals surface area contributed by atoms with E-state index in [0.717, 1.165) is 11.3 Å². The number of ether oxygens (including phenoxy) is 1. The lowest BCUT2D eigenvalue weighted by molar-refractivity contribution is -0.125. The smallest absolute Gasteiger partial charge is 0.348 e. The topological polar surface area (TPSA) is 72.5 Å². The maximum atomic E-state index is 11.8. The van der Waals surface area contributed by atoms with Gasteiger partial charge in [-0.15, -0.1) is 17.8 Å². The molecule has 1 aromatic rings. The Labute approximate surface area is 134 Å². The van der Waals surface area contributed by atoms with Gasteiger partial charge < -0.3 is 10.1 Å². The molecule has 22 heavy (non-hydrogen) atoms. The average Bonchev–Trinajstić information content (AvgIpc) is 3.00. The Morgan fingerprint density at radius 3 is 2.32 bits per heavy atom. The third-order valence-corrected chi connectivity index (χ3v) is 4.52. The number of nitrogens with one attached hydrogen (secondary N) is 1. The molecular formula is C16H19NO4S. The summed E-state index contributed by atoms with van der Waals surface area (Å²) in [4.78, 5) is 35.6. The molecule has 1 aromatic heterocycles. The molecule has 0 atom stereocenters. The first-order chi connectivity index (χ1) is 10.4. The highest BCUT2D eigenvalue weighted by Crippen LogP contribution is 2.18. The second-order valence-electron chi connectivity index (χ2n) is 4.78. The Hall–Kier alpha value is -2.13. The molecule has 1 amide bonds. The summed E-state index contributed by atoms with van der Waals surface area (Å²) in [5.74, 6) is 1.38. The summed E-state index contributed by atoms with van der Waals surface area (Å²) < 4.78 is 4.94. The van der Waals surface area contributed by atoms with E-state index in [9.17, 15) is 14.4 Å². The molecule has 0 aliphatic rings. The monoisotopic (exact) mass is 321 g/mol. The van der Waals surface area contributed by atoms with Crippen molar-refractivity contribution in [2.75, 3.05) is 6.61 Å². The van der Waals surface area contributed by atoms with E-state index in [1.165, 1.54) is 13.0 Å². The third-order valence-electron chi connectivity index (χ3n) is 3.35. The normalized spacial score (nSPS) is 10.6. The maximum absolute atomic E-state index is 11.8. The average molecular weight is 321 g/mol. The second-order valence-corrected chi connectivity index (χ2v) is 5.86. The van der Waals surface area contributed by atoms with Crippen LogP contribution in [-0.2, 0) is 9.53 Å². The van der Waals surface area contributed by atoms with Crippen molar-refractivity contribution in [1.82, 2.24) is 5.32 Å². The van der Waals surface area contributed by atoms with Gasteiger partial charge in [-0.3, -0.25) is 9.59 Å². The summed E-state index contributed by atoms with van der Waals surface area (Å²) in [6.07, 6.45) is 6.63. The van der Waals surface area contributed by atoms with Crippen LogP contribution in [0.25, 0.3) is 0 Å². The van der Waals surface area contributed by atoms with Crippen LogP contribution in [0.3, 0.4) is 0 Å². The zero-order chi connectivity index (χ0) is 16.8. The molecule has 0 unspecified atom stereocenters. The van der Waals surface area contributed by atoms with Gasteiger partial charge in [0.15, 0.2) is 12.4 Å². The lowest BCUT2D eigenvalue weighted by Gasteiger charge is -2.26. The van der Waals surface area contributed by atoms with E-state index in [0.29, 0.717) is 17.7 Å². The highest BCUT2D eigenvalue weighted by atomic mass is 32.1. The summed E-state index contributed by atoms with van der Waals surface area (Å²) in [6, 6.07) is 3.06. The van der Waals surface area contributed by atoms with Gasteiger partial charge in [-0.05, 0) is 31.9 Å². The maximum Gasteiger partial charge on any atom is 0.348 e. The Morgan fingerprint density at radius 2 is 1.86 bits per heavy atom. The van der Waals surface area contributed by atoms with E-state index in [1.807, 2.05) is 13.8 Å². The Kier molecular flexibility index (Phi) is 6.32. The fraction of sp³-hybridized carbons (Fsp3) is 0.438. The fourth-order valence-corrected chi connectivity index (χ4v) is 2.60. The SMILES string of the molecule is C#CC(CC)(CC)NC(=O)COC(=O)c1ccc(C(C)=O)s1.